The fraction of sp³-hybridized carbons (Fsp3) is 0.600. The van der Waals surface area contributed by atoms with E-state index in [4.69, 9.17) is 9.52 Å². The Hall–Kier alpha value is -1.82. The average Bonchev–Trinajstić information content (AvgIpc) is 2.90. The van der Waals surface area contributed by atoms with Crippen LogP contribution in [0.5, 0.6) is 0 Å². The van der Waals surface area contributed by atoms with Gasteiger partial charge in [-0.2, -0.15) is 0 Å². The minimum Gasteiger partial charge on any atom is -0.481 e. The molecule has 0 saturated carbocycles. The molecule has 1 atom stereocenters. The molecule has 0 saturated heterocycles. The second-order valence-corrected chi connectivity index (χ2v) is 5.14. The van der Waals surface area contributed by atoms with Gasteiger partial charge in [-0.05, 0) is 31.1 Å². The number of rotatable bonds is 9. The fourth-order valence-electron chi connectivity index (χ4n) is 1.98. The molecular formula is C15H24N2O4. The highest BCUT2D eigenvalue weighted by Gasteiger charge is 2.14. The number of hydrogen-bond acceptors (Lipinski definition) is 4. The van der Waals surface area contributed by atoms with E-state index in [0.717, 1.165) is 18.8 Å². The maximum absolute atomic E-state index is 11.9. The molecule has 0 bridgehead atoms. The molecule has 0 fully saturated rings. The first-order chi connectivity index (χ1) is 9.96. The van der Waals surface area contributed by atoms with E-state index in [9.17, 15) is 9.59 Å². The number of hydrogen-bond donors (Lipinski definition) is 2. The van der Waals surface area contributed by atoms with Gasteiger partial charge in [0.2, 0.25) is 0 Å². The molecule has 21 heavy (non-hydrogen) atoms. The van der Waals surface area contributed by atoms with Crippen molar-refractivity contribution in [2.45, 2.75) is 33.7 Å². The predicted molar refractivity (Wildman–Crippen MR) is 79.1 cm³/mol. The van der Waals surface area contributed by atoms with E-state index >= 15 is 0 Å². The van der Waals surface area contributed by atoms with E-state index in [-0.39, 0.29) is 24.0 Å². The highest BCUT2D eigenvalue weighted by molar-refractivity contribution is 5.91. The maximum Gasteiger partial charge on any atom is 0.303 e. The minimum atomic E-state index is -0.865. The lowest BCUT2D eigenvalue weighted by Gasteiger charge is -2.15. The van der Waals surface area contributed by atoms with Crippen LogP contribution in [0.2, 0.25) is 0 Å². The molecule has 1 aromatic heterocycles. The van der Waals surface area contributed by atoms with Crippen LogP contribution in [0.1, 0.15) is 43.5 Å². The molecule has 0 aromatic carbocycles. The lowest BCUT2D eigenvalue weighted by molar-refractivity contribution is -0.137. The van der Waals surface area contributed by atoms with Gasteiger partial charge in [0.15, 0.2) is 5.76 Å². The van der Waals surface area contributed by atoms with Gasteiger partial charge in [-0.3, -0.25) is 14.5 Å². The number of carbonyl (C=O) groups excluding carboxylic acids is 1. The molecule has 2 N–H and O–H groups in total. The summed E-state index contributed by atoms with van der Waals surface area (Å²) in [6.45, 7) is 8.76. The summed E-state index contributed by atoms with van der Waals surface area (Å²) in [5.41, 5.74) is 0. The molecule has 0 aliphatic carbocycles. The number of nitrogens with one attached hydrogen (secondary N) is 1. The first-order valence-corrected chi connectivity index (χ1v) is 7.27. The molecule has 1 unspecified atom stereocenters. The number of amides is 1. The third-order valence-electron chi connectivity index (χ3n) is 3.29. The summed E-state index contributed by atoms with van der Waals surface area (Å²) in [4.78, 5) is 24.6. The molecule has 0 aliphatic rings. The third-order valence-corrected chi connectivity index (χ3v) is 3.29. The number of nitrogens with zero attached hydrogens (tertiary/aromatic N) is 1. The number of carbonyl (C=O) groups is 2. The molecule has 0 spiro atoms. The van der Waals surface area contributed by atoms with Crippen molar-refractivity contribution in [2.75, 3.05) is 19.6 Å². The van der Waals surface area contributed by atoms with Crippen molar-refractivity contribution >= 4 is 11.9 Å². The van der Waals surface area contributed by atoms with Crippen molar-refractivity contribution in [2.24, 2.45) is 5.92 Å². The highest BCUT2D eigenvalue weighted by Crippen LogP contribution is 2.11. The van der Waals surface area contributed by atoms with Gasteiger partial charge in [0.05, 0.1) is 6.54 Å². The fourth-order valence-corrected chi connectivity index (χ4v) is 1.98. The summed E-state index contributed by atoms with van der Waals surface area (Å²) in [5, 5.41) is 11.4. The SMILES string of the molecule is CCN(CC)Cc1ccc(C(=O)NCC(C)CC(=O)O)o1. The van der Waals surface area contributed by atoms with Crippen LogP contribution in [-0.2, 0) is 11.3 Å². The van der Waals surface area contributed by atoms with Crippen molar-refractivity contribution in [1.82, 2.24) is 10.2 Å². The molecule has 6 heteroatoms. The van der Waals surface area contributed by atoms with Gasteiger partial charge in [0, 0.05) is 13.0 Å². The summed E-state index contributed by atoms with van der Waals surface area (Å²) in [7, 11) is 0. The van der Waals surface area contributed by atoms with Gasteiger partial charge in [0.25, 0.3) is 5.91 Å². The van der Waals surface area contributed by atoms with E-state index in [1.165, 1.54) is 0 Å². The molecule has 1 rings (SSSR count). The Labute approximate surface area is 125 Å². The van der Waals surface area contributed by atoms with Crippen LogP contribution in [0, 0.1) is 5.92 Å². The summed E-state index contributed by atoms with van der Waals surface area (Å²) in [6, 6.07) is 3.45. The van der Waals surface area contributed by atoms with Crippen LogP contribution < -0.4 is 5.32 Å². The first-order valence-electron chi connectivity index (χ1n) is 7.27. The zero-order valence-corrected chi connectivity index (χ0v) is 12.9. The smallest absolute Gasteiger partial charge is 0.303 e. The number of carboxylic acid groups (broad SMARTS) is 1. The summed E-state index contributed by atoms with van der Waals surface area (Å²) in [5.74, 6) is -0.270. The molecule has 0 radical (unpaired) electrons. The van der Waals surface area contributed by atoms with Gasteiger partial charge < -0.3 is 14.8 Å². The van der Waals surface area contributed by atoms with E-state index in [1.807, 2.05) is 0 Å². The molecule has 1 amide bonds. The topological polar surface area (TPSA) is 82.8 Å². The van der Waals surface area contributed by atoms with Crippen molar-refractivity contribution in [1.29, 1.82) is 0 Å². The quantitative estimate of drug-likeness (QED) is 0.728. The van der Waals surface area contributed by atoms with Crippen LogP contribution in [0.25, 0.3) is 0 Å². The van der Waals surface area contributed by atoms with Crippen molar-refractivity contribution in [3.63, 3.8) is 0 Å². The van der Waals surface area contributed by atoms with E-state index < -0.39 is 5.97 Å². The lowest BCUT2D eigenvalue weighted by Crippen LogP contribution is -2.29. The Balaban J connectivity index is 2.48. The molecule has 6 nitrogen and oxygen atoms in total. The summed E-state index contributed by atoms with van der Waals surface area (Å²) >= 11 is 0. The van der Waals surface area contributed by atoms with Crippen LogP contribution in [-0.4, -0.2) is 41.5 Å². The van der Waals surface area contributed by atoms with Gasteiger partial charge >= 0.3 is 5.97 Å². The van der Waals surface area contributed by atoms with Crippen LogP contribution >= 0.6 is 0 Å². The van der Waals surface area contributed by atoms with Gasteiger partial charge in [-0.25, -0.2) is 0 Å². The first kappa shape index (κ1) is 17.2. The second-order valence-electron chi connectivity index (χ2n) is 5.14. The van der Waals surface area contributed by atoms with E-state index in [1.54, 1.807) is 19.1 Å². The largest absolute Gasteiger partial charge is 0.481 e. The Morgan fingerprint density at radius 3 is 2.57 bits per heavy atom. The second kappa shape index (κ2) is 8.46. The van der Waals surface area contributed by atoms with Gasteiger partial charge in [-0.1, -0.05) is 20.8 Å². The highest BCUT2D eigenvalue weighted by atomic mass is 16.4. The van der Waals surface area contributed by atoms with Gasteiger partial charge in [0.1, 0.15) is 5.76 Å². The third kappa shape index (κ3) is 5.99. The number of carboxylic acids is 1. The number of aliphatic carboxylic acids is 1. The van der Waals surface area contributed by atoms with Gasteiger partial charge in [-0.15, -0.1) is 0 Å². The van der Waals surface area contributed by atoms with Crippen molar-refractivity contribution in [3.05, 3.63) is 23.7 Å². The summed E-state index contributed by atoms with van der Waals surface area (Å²) < 4.78 is 5.52. The molecule has 0 aliphatic heterocycles. The zero-order valence-electron chi connectivity index (χ0n) is 12.9. The van der Waals surface area contributed by atoms with Crippen LogP contribution in [0.4, 0.5) is 0 Å². The Morgan fingerprint density at radius 1 is 1.33 bits per heavy atom. The van der Waals surface area contributed by atoms with E-state index in [0.29, 0.717) is 13.1 Å². The maximum atomic E-state index is 11.9. The molecule has 1 heterocycles. The van der Waals surface area contributed by atoms with Crippen LogP contribution in [0.3, 0.4) is 0 Å². The molecule has 1 aromatic rings. The Bertz CT molecular complexity index is 466. The average molecular weight is 296 g/mol. The standard InChI is InChI=1S/C15H24N2O4/c1-4-17(5-2)10-12-6-7-13(21-12)15(20)16-9-11(3)8-14(18)19/h6-7,11H,4-5,8-10H2,1-3H3,(H,16,20)(H,18,19). The monoisotopic (exact) mass is 296 g/mol. The molecular weight excluding hydrogens is 272 g/mol. The predicted octanol–water partition coefficient (Wildman–Crippen LogP) is 1.96. The van der Waals surface area contributed by atoms with Crippen LogP contribution in [0.15, 0.2) is 16.5 Å². The van der Waals surface area contributed by atoms with Crippen molar-refractivity contribution < 1.29 is 19.1 Å². The Kier molecular flexibility index (Phi) is 6.94. The zero-order chi connectivity index (χ0) is 15.8. The van der Waals surface area contributed by atoms with E-state index in [2.05, 4.69) is 24.1 Å². The normalized spacial score (nSPS) is 12.4. The molecule has 118 valence electrons. The number of furan rings is 1. The minimum absolute atomic E-state index is 0.0334. The van der Waals surface area contributed by atoms with Crippen molar-refractivity contribution in [3.8, 4) is 0 Å². The summed E-state index contributed by atoms with van der Waals surface area (Å²) in [6.07, 6.45) is 0.0334. The Morgan fingerprint density at radius 2 is 2.00 bits per heavy atom. The lowest BCUT2D eigenvalue weighted by atomic mass is 10.1.